The number of hydrogen-bond acceptors (Lipinski definition) is 1. The minimum atomic E-state index is -0.0754. The third-order valence-electron chi connectivity index (χ3n) is 2.83. The van der Waals surface area contributed by atoms with E-state index in [1.807, 2.05) is 31.2 Å². The standard InChI is InChI=1S/C14H20ClNO/c1-4-5-13(17)16-10-14(2,3)11-6-8-12(15)9-7-11/h6-9H,4-5,10H2,1-3H3,(H,16,17). The van der Waals surface area contributed by atoms with Crippen molar-refractivity contribution in [2.24, 2.45) is 0 Å². The average molecular weight is 254 g/mol. The molecule has 0 fully saturated rings. The van der Waals surface area contributed by atoms with Gasteiger partial charge in [-0.15, -0.1) is 0 Å². The van der Waals surface area contributed by atoms with Crippen LogP contribution in [-0.4, -0.2) is 12.5 Å². The van der Waals surface area contributed by atoms with Crippen molar-refractivity contribution in [1.29, 1.82) is 0 Å². The van der Waals surface area contributed by atoms with Gasteiger partial charge in [-0.3, -0.25) is 4.79 Å². The molecule has 0 radical (unpaired) electrons. The molecule has 17 heavy (non-hydrogen) atoms. The average Bonchev–Trinajstić information content (AvgIpc) is 2.28. The molecule has 94 valence electrons. The predicted octanol–water partition coefficient (Wildman–Crippen LogP) is 3.53. The van der Waals surface area contributed by atoms with Gasteiger partial charge in [0.05, 0.1) is 0 Å². The van der Waals surface area contributed by atoms with E-state index in [-0.39, 0.29) is 11.3 Å². The summed E-state index contributed by atoms with van der Waals surface area (Å²) in [5.74, 6) is 0.120. The molecular formula is C14H20ClNO. The van der Waals surface area contributed by atoms with Crippen LogP contribution in [-0.2, 0) is 10.2 Å². The van der Waals surface area contributed by atoms with E-state index in [9.17, 15) is 4.79 Å². The summed E-state index contributed by atoms with van der Waals surface area (Å²) in [5, 5.41) is 3.70. The maximum Gasteiger partial charge on any atom is 0.220 e. The highest BCUT2D eigenvalue weighted by molar-refractivity contribution is 6.30. The number of rotatable bonds is 5. The molecule has 0 saturated heterocycles. The fraction of sp³-hybridized carbons (Fsp3) is 0.500. The summed E-state index contributed by atoms with van der Waals surface area (Å²) in [5.41, 5.74) is 1.10. The molecule has 1 aromatic carbocycles. The molecule has 0 heterocycles. The van der Waals surface area contributed by atoms with Crippen molar-refractivity contribution >= 4 is 17.5 Å². The Morgan fingerprint density at radius 2 is 1.88 bits per heavy atom. The molecule has 2 nitrogen and oxygen atoms in total. The number of amides is 1. The largest absolute Gasteiger partial charge is 0.355 e. The maximum absolute atomic E-state index is 11.4. The van der Waals surface area contributed by atoms with E-state index in [1.54, 1.807) is 0 Å². The Morgan fingerprint density at radius 1 is 1.29 bits per heavy atom. The molecule has 0 spiro atoms. The van der Waals surface area contributed by atoms with E-state index >= 15 is 0 Å². The van der Waals surface area contributed by atoms with Crippen LogP contribution in [0.2, 0.25) is 5.02 Å². The van der Waals surface area contributed by atoms with Gasteiger partial charge in [0.15, 0.2) is 0 Å². The zero-order valence-electron chi connectivity index (χ0n) is 10.7. The van der Waals surface area contributed by atoms with Crippen LogP contribution in [0.5, 0.6) is 0 Å². The first-order valence-electron chi connectivity index (χ1n) is 5.98. The van der Waals surface area contributed by atoms with Crippen LogP contribution in [0.3, 0.4) is 0 Å². The quantitative estimate of drug-likeness (QED) is 0.855. The van der Waals surface area contributed by atoms with Gasteiger partial charge in [-0.25, -0.2) is 0 Å². The summed E-state index contributed by atoms with van der Waals surface area (Å²) in [7, 11) is 0. The van der Waals surface area contributed by atoms with Gasteiger partial charge in [0, 0.05) is 23.4 Å². The Labute approximate surface area is 108 Å². The van der Waals surface area contributed by atoms with E-state index < -0.39 is 0 Å². The van der Waals surface area contributed by atoms with Gasteiger partial charge in [0.1, 0.15) is 0 Å². The number of benzene rings is 1. The van der Waals surface area contributed by atoms with Crippen molar-refractivity contribution < 1.29 is 4.79 Å². The van der Waals surface area contributed by atoms with Crippen LogP contribution in [0.15, 0.2) is 24.3 Å². The second kappa shape index (κ2) is 6.06. The molecule has 0 saturated carbocycles. The van der Waals surface area contributed by atoms with E-state index in [0.717, 1.165) is 11.4 Å². The fourth-order valence-electron chi connectivity index (χ4n) is 1.64. The third-order valence-corrected chi connectivity index (χ3v) is 3.08. The van der Waals surface area contributed by atoms with E-state index in [2.05, 4.69) is 19.2 Å². The van der Waals surface area contributed by atoms with Crippen LogP contribution < -0.4 is 5.32 Å². The lowest BCUT2D eigenvalue weighted by molar-refractivity contribution is -0.121. The zero-order valence-corrected chi connectivity index (χ0v) is 11.5. The van der Waals surface area contributed by atoms with Crippen LogP contribution in [0, 0.1) is 0 Å². The SMILES string of the molecule is CCCC(=O)NCC(C)(C)c1ccc(Cl)cc1. The summed E-state index contributed by atoms with van der Waals surface area (Å²) in [6.07, 6.45) is 1.48. The molecule has 0 atom stereocenters. The van der Waals surface area contributed by atoms with Crippen molar-refractivity contribution in [3.63, 3.8) is 0 Å². The van der Waals surface area contributed by atoms with Gasteiger partial charge in [0.25, 0.3) is 0 Å². The predicted molar refractivity (Wildman–Crippen MR) is 72.4 cm³/mol. The first kappa shape index (κ1) is 14.0. The minimum Gasteiger partial charge on any atom is -0.355 e. The third kappa shape index (κ3) is 4.39. The molecule has 1 aromatic rings. The topological polar surface area (TPSA) is 29.1 Å². The van der Waals surface area contributed by atoms with Crippen molar-refractivity contribution in [1.82, 2.24) is 5.32 Å². The van der Waals surface area contributed by atoms with Crippen LogP contribution in [0.4, 0.5) is 0 Å². The van der Waals surface area contributed by atoms with Gasteiger partial charge in [-0.05, 0) is 24.1 Å². The van der Waals surface area contributed by atoms with Crippen molar-refractivity contribution in [2.45, 2.75) is 39.0 Å². The summed E-state index contributed by atoms with van der Waals surface area (Å²) < 4.78 is 0. The highest BCUT2D eigenvalue weighted by Crippen LogP contribution is 2.23. The summed E-state index contributed by atoms with van der Waals surface area (Å²) in [6, 6.07) is 7.78. The number of carbonyl (C=O) groups excluding carboxylic acids is 1. The summed E-state index contributed by atoms with van der Waals surface area (Å²) in [4.78, 5) is 11.4. The van der Waals surface area contributed by atoms with Gasteiger partial charge in [-0.2, -0.15) is 0 Å². The van der Waals surface area contributed by atoms with E-state index in [4.69, 9.17) is 11.6 Å². The van der Waals surface area contributed by atoms with E-state index in [0.29, 0.717) is 13.0 Å². The second-order valence-electron chi connectivity index (χ2n) is 4.92. The molecular weight excluding hydrogens is 234 g/mol. The lowest BCUT2D eigenvalue weighted by atomic mass is 9.84. The number of halogens is 1. The zero-order chi connectivity index (χ0) is 12.9. The van der Waals surface area contributed by atoms with Gasteiger partial charge in [-0.1, -0.05) is 44.5 Å². The monoisotopic (exact) mass is 253 g/mol. The van der Waals surface area contributed by atoms with Gasteiger partial charge in [0.2, 0.25) is 5.91 Å². The van der Waals surface area contributed by atoms with Crippen LogP contribution in [0.1, 0.15) is 39.2 Å². The molecule has 1 amide bonds. The van der Waals surface area contributed by atoms with Gasteiger partial charge < -0.3 is 5.32 Å². The number of carbonyl (C=O) groups is 1. The maximum atomic E-state index is 11.4. The molecule has 1 N–H and O–H groups in total. The van der Waals surface area contributed by atoms with Crippen molar-refractivity contribution in [2.75, 3.05) is 6.54 Å². The summed E-state index contributed by atoms with van der Waals surface area (Å²) in [6.45, 7) is 6.88. The fourth-order valence-corrected chi connectivity index (χ4v) is 1.76. The number of nitrogens with one attached hydrogen (secondary N) is 1. The van der Waals surface area contributed by atoms with Crippen LogP contribution in [0.25, 0.3) is 0 Å². The van der Waals surface area contributed by atoms with Gasteiger partial charge >= 0.3 is 0 Å². The molecule has 0 aliphatic carbocycles. The molecule has 0 aliphatic heterocycles. The second-order valence-corrected chi connectivity index (χ2v) is 5.35. The number of hydrogen-bond donors (Lipinski definition) is 1. The summed E-state index contributed by atoms with van der Waals surface area (Å²) >= 11 is 5.86. The molecule has 0 aromatic heterocycles. The Kier molecular flexibility index (Phi) is 5.01. The van der Waals surface area contributed by atoms with Crippen molar-refractivity contribution in [3.8, 4) is 0 Å². The molecule has 0 bridgehead atoms. The first-order chi connectivity index (χ1) is 7.95. The highest BCUT2D eigenvalue weighted by Gasteiger charge is 2.20. The molecule has 0 aliphatic rings. The Balaban J connectivity index is 2.61. The lowest BCUT2D eigenvalue weighted by Gasteiger charge is -2.25. The van der Waals surface area contributed by atoms with Crippen LogP contribution >= 0.6 is 11.6 Å². The Hall–Kier alpha value is -1.02. The first-order valence-corrected chi connectivity index (χ1v) is 6.36. The lowest BCUT2D eigenvalue weighted by Crippen LogP contribution is -2.36. The normalized spacial score (nSPS) is 11.3. The molecule has 3 heteroatoms. The molecule has 0 unspecified atom stereocenters. The minimum absolute atomic E-state index is 0.0754. The van der Waals surface area contributed by atoms with E-state index in [1.165, 1.54) is 5.56 Å². The Morgan fingerprint density at radius 3 is 2.41 bits per heavy atom. The molecule has 1 rings (SSSR count). The highest BCUT2D eigenvalue weighted by atomic mass is 35.5. The smallest absolute Gasteiger partial charge is 0.220 e. The van der Waals surface area contributed by atoms with Crippen molar-refractivity contribution in [3.05, 3.63) is 34.9 Å². The Bertz CT molecular complexity index is 370.